The molecule has 0 unspecified atom stereocenters. The number of rotatable bonds is 4. The van der Waals surface area contributed by atoms with Crippen molar-refractivity contribution in [3.8, 4) is 11.5 Å². The van der Waals surface area contributed by atoms with Gasteiger partial charge in [0.15, 0.2) is 11.5 Å². The molecule has 0 saturated carbocycles. The average molecular weight is 274 g/mol. The Balaban J connectivity index is 0.00000289. The molecule has 18 heavy (non-hydrogen) atoms. The molecule has 0 aromatic heterocycles. The molecule has 3 nitrogen and oxygen atoms in total. The minimum absolute atomic E-state index is 0. The molecule has 0 aliphatic carbocycles. The van der Waals surface area contributed by atoms with Crippen LogP contribution in [0.25, 0.3) is 0 Å². The third-order valence-electron chi connectivity index (χ3n) is 2.78. The minimum Gasteiger partial charge on any atom is -0.493 e. The van der Waals surface area contributed by atoms with Gasteiger partial charge in [-0.15, -0.1) is 12.4 Å². The molecule has 1 atom stereocenters. The first-order chi connectivity index (χ1) is 7.90. The van der Waals surface area contributed by atoms with E-state index in [0.717, 1.165) is 17.1 Å². The van der Waals surface area contributed by atoms with Crippen LogP contribution in [0.3, 0.4) is 0 Å². The van der Waals surface area contributed by atoms with E-state index in [2.05, 4.69) is 20.8 Å². The molecule has 4 heteroatoms. The van der Waals surface area contributed by atoms with Crippen LogP contribution in [0.4, 0.5) is 0 Å². The van der Waals surface area contributed by atoms with Gasteiger partial charge in [-0.2, -0.15) is 0 Å². The van der Waals surface area contributed by atoms with E-state index in [1.54, 1.807) is 7.11 Å². The van der Waals surface area contributed by atoms with Gasteiger partial charge in [0.2, 0.25) is 0 Å². The highest BCUT2D eigenvalue weighted by molar-refractivity contribution is 5.85. The quantitative estimate of drug-likeness (QED) is 0.912. The van der Waals surface area contributed by atoms with Gasteiger partial charge in [0.25, 0.3) is 0 Å². The molecular formula is C14H24ClNO2. The highest BCUT2D eigenvalue weighted by atomic mass is 35.5. The molecule has 1 rings (SSSR count). The largest absolute Gasteiger partial charge is 0.493 e. The Morgan fingerprint density at radius 2 is 1.83 bits per heavy atom. The van der Waals surface area contributed by atoms with Crippen molar-refractivity contribution in [2.24, 2.45) is 11.1 Å². The summed E-state index contributed by atoms with van der Waals surface area (Å²) in [6.45, 7) is 8.95. The van der Waals surface area contributed by atoms with E-state index < -0.39 is 0 Å². The van der Waals surface area contributed by atoms with Gasteiger partial charge >= 0.3 is 0 Å². The van der Waals surface area contributed by atoms with Crippen LogP contribution in [0.15, 0.2) is 18.2 Å². The van der Waals surface area contributed by atoms with Crippen molar-refractivity contribution in [2.75, 3.05) is 13.7 Å². The molecule has 2 N–H and O–H groups in total. The average Bonchev–Trinajstić information content (AvgIpc) is 2.27. The monoisotopic (exact) mass is 273 g/mol. The Kier molecular flexibility index (Phi) is 6.50. The topological polar surface area (TPSA) is 44.5 Å². The Bertz CT molecular complexity index is 375. The summed E-state index contributed by atoms with van der Waals surface area (Å²) in [7, 11) is 1.64. The van der Waals surface area contributed by atoms with Gasteiger partial charge in [-0.1, -0.05) is 26.8 Å². The molecule has 0 amide bonds. The maximum absolute atomic E-state index is 6.23. The van der Waals surface area contributed by atoms with Gasteiger partial charge in [-0.3, -0.25) is 0 Å². The number of nitrogens with two attached hydrogens (primary N) is 1. The van der Waals surface area contributed by atoms with Crippen LogP contribution >= 0.6 is 12.4 Å². The molecule has 1 aromatic carbocycles. The van der Waals surface area contributed by atoms with E-state index >= 15 is 0 Å². The van der Waals surface area contributed by atoms with E-state index in [9.17, 15) is 0 Å². The lowest BCUT2D eigenvalue weighted by atomic mass is 9.83. The summed E-state index contributed by atoms with van der Waals surface area (Å²) < 4.78 is 10.8. The second kappa shape index (κ2) is 6.86. The number of hydrogen-bond donors (Lipinski definition) is 1. The Hall–Kier alpha value is -0.930. The van der Waals surface area contributed by atoms with Crippen molar-refractivity contribution < 1.29 is 9.47 Å². The van der Waals surface area contributed by atoms with Crippen LogP contribution in [0.5, 0.6) is 11.5 Å². The number of hydrogen-bond acceptors (Lipinski definition) is 3. The molecule has 0 heterocycles. The first-order valence-electron chi connectivity index (χ1n) is 5.96. The Labute approximate surface area is 116 Å². The molecular weight excluding hydrogens is 250 g/mol. The van der Waals surface area contributed by atoms with Crippen molar-refractivity contribution in [3.63, 3.8) is 0 Å². The second-order valence-corrected chi connectivity index (χ2v) is 5.19. The van der Waals surface area contributed by atoms with Crippen molar-refractivity contribution in [1.29, 1.82) is 0 Å². The molecule has 0 aliphatic heterocycles. The maximum atomic E-state index is 6.23. The Morgan fingerprint density at radius 1 is 1.22 bits per heavy atom. The highest BCUT2D eigenvalue weighted by Crippen LogP contribution is 2.35. The van der Waals surface area contributed by atoms with Gasteiger partial charge in [-0.05, 0) is 30.0 Å². The molecule has 1 aromatic rings. The molecule has 0 radical (unpaired) electrons. The molecule has 0 aliphatic rings. The predicted molar refractivity (Wildman–Crippen MR) is 77.8 cm³/mol. The maximum Gasteiger partial charge on any atom is 0.161 e. The Morgan fingerprint density at radius 3 is 2.28 bits per heavy atom. The standard InChI is InChI=1S/C14H23NO2.ClH/c1-6-17-12-9-10(7-8-11(12)16-5)13(15)14(2,3)4;/h7-9,13H,6,15H2,1-5H3;1H/t13-;/m0./s1. The number of benzene rings is 1. The van der Waals surface area contributed by atoms with Gasteiger partial charge in [-0.25, -0.2) is 0 Å². The molecule has 0 fully saturated rings. The van der Waals surface area contributed by atoms with Crippen molar-refractivity contribution in [2.45, 2.75) is 33.7 Å². The van der Waals surface area contributed by atoms with E-state index in [1.165, 1.54) is 0 Å². The lowest BCUT2D eigenvalue weighted by Gasteiger charge is -2.28. The summed E-state index contributed by atoms with van der Waals surface area (Å²) in [5.74, 6) is 1.50. The third kappa shape index (κ3) is 4.07. The fraction of sp³-hybridized carbons (Fsp3) is 0.571. The van der Waals surface area contributed by atoms with E-state index in [0.29, 0.717) is 6.61 Å². The van der Waals surface area contributed by atoms with Crippen molar-refractivity contribution in [1.82, 2.24) is 0 Å². The second-order valence-electron chi connectivity index (χ2n) is 5.19. The normalized spacial score (nSPS) is 12.6. The van der Waals surface area contributed by atoms with E-state index in [1.807, 2.05) is 25.1 Å². The van der Waals surface area contributed by atoms with Crippen molar-refractivity contribution in [3.05, 3.63) is 23.8 Å². The summed E-state index contributed by atoms with van der Waals surface area (Å²) in [6.07, 6.45) is 0. The SMILES string of the molecule is CCOc1cc([C@H](N)C(C)(C)C)ccc1OC.Cl. The van der Waals surface area contributed by atoms with Crippen LogP contribution in [0.1, 0.15) is 39.3 Å². The van der Waals surface area contributed by atoms with Crippen LogP contribution in [0.2, 0.25) is 0 Å². The third-order valence-corrected chi connectivity index (χ3v) is 2.78. The zero-order valence-electron chi connectivity index (χ0n) is 11.8. The van der Waals surface area contributed by atoms with E-state index in [-0.39, 0.29) is 23.9 Å². The van der Waals surface area contributed by atoms with Gasteiger partial charge in [0.05, 0.1) is 13.7 Å². The summed E-state index contributed by atoms with van der Waals surface area (Å²) in [5, 5.41) is 0. The van der Waals surface area contributed by atoms with Gasteiger partial charge < -0.3 is 15.2 Å². The predicted octanol–water partition coefficient (Wildman–Crippen LogP) is 3.56. The first-order valence-corrected chi connectivity index (χ1v) is 5.96. The zero-order chi connectivity index (χ0) is 13.1. The first kappa shape index (κ1) is 17.1. The van der Waals surface area contributed by atoms with Crippen LogP contribution in [-0.2, 0) is 0 Å². The van der Waals surface area contributed by atoms with Gasteiger partial charge in [0, 0.05) is 6.04 Å². The number of methoxy groups -OCH3 is 1. The van der Waals surface area contributed by atoms with Crippen LogP contribution in [-0.4, -0.2) is 13.7 Å². The highest BCUT2D eigenvalue weighted by Gasteiger charge is 2.23. The number of halogens is 1. The zero-order valence-corrected chi connectivity index (χ0v) is 12.6. The summed E-state index contributed by atoms with van der Waals surface area (Å²) >= 11 is 0. The van der Waals surface area contributed by atoms with Crippen molar-refractivity contribution >= 4 is 12.4 Å². The number of ether oxygens (including phenoxy) is 2. The van der Waals surface area contributed by atoms with Gasteiger partial charge in [0.1, 0.15) is 0 Å². The lowest BCUT2D eigenvalue weighted by Crippen LogP contribution is -2.26. The molecule has 0 saturated heterocycles. The van der Waals surface area contributed by atoms with Crippen LogP contribution < -0.4 is 15.2 Å². The fourth-order valence-corrected chi connectivity index (χ4v) is 1.66. The summed E-state index contributed by atoms with van der Waals surface area (Å²) in [4.78, 5) is 0. The lowest BCUT2D eigenvalue weighted by molar-refractivity contribution is 0.304. The minimum atomic E-state index is -0.0207. The van der Waals surface area contributed by atoms with Crippen LogP contribution in [0, 0.1) is 5.41 Å². The smallest absolute Gasteiger partial charge is 0.161 e. The fourth-order valence-electron chi connectivity index (χ4n) is 1.66. The summed E-state index contributed by atoms with van der Waals surface area (Å²) in [5.41, 5.74) is 7.33. The van der Waals surface area contributed by atoms with E-state index in [4.69, 9.17) is 15.2 Å². The summed E-state index contributed by atoms with van der Waals surface area (Å²) in [6, 6.07) is 5.86. The molecule has 0 spiro atoms. The molecule has 0 bridgehead atoms. The molecule has 104 valence electrons.